The van der Waals surface area contributed by atoms with E-state index in [-0.39, 0.29) is 24.7 Å². The summed E-state index contributed by atoms with van der Waals surface area (Å²) >= 11 is 6.11. The highest BCUT2D eigenvalue weighted by atomic mass is 35.5. The molecule has 1 N–H and O–H groups in total. The third-order valence-corrected chi connectivity index (χ3v) is 8.33. The number of hydrogen-bond donors (Lipinski definition) is 1. The van der Waals surface area contributed by atoms with Crippen molar-refractivity contribution in [1.29, 1.82) is 0 Å². The van der Waals surface area contributed by atoms with Crippen LogP contribution in [-0.4, -0.2) is 103 Å². The number of ether oxygens (including phenoxy) is 3. The van der Waals surface area contributed by atoms with E-state index in [4.69, 9.17) is 30.9 Å². The third kappa shape index (κ3) is 11.3. The van der Waals surface area contributed by atoms with Crippen LogP contribution in [0.4, 0.5) is 0 Å². The SMILES string of the molecule is CCOC(=O)c1cncn1C(C)c1ccccc1.OCCOCCOCCN1CCN(C(c2ccccc2)c2ccc(Cl)cc2)CC1. The van der Waals surface area contributed by atoms with Crippen LogP contribution in [0.5, 0.6) is 0 Å². The van der Waals surface area contributed by atoms with Crippen LogP contribution in [0.25, 0.3) is 0 Å². The standard InChI is InChI=1S/C23H31ClN2O3.C14H16N2O2/c24-22-8-6-21(7-9-22)23(20-4-2-1-3-5-20)26-12-10-25(11-13-26)14-16-28-18-19-29-17-15-27;1-3-18-14(17)13-9-15-10-16(13)11(2)12-7-5-4-6-8-12/h1-9,23,27H,10-19H2;4-11H,3H2,1-2H3. The van der Waals surface area contributed by atoms with E-state index >= 15 is 0 Å². The number of aliphatic hydroxyl groups excluding tert-OH is 1. The molecule has 4 aromatic rings. The minimum Gasteiger partial charge on any atom is -0.461 e. The smallest absolute Gasteiger partial charge is 0.356 e. The van der Waals surface area contributed by atoms with Crippen molar-refractivity contribution in [3.8, 4) is 0 Å². The molecule has 0 amide bonds. The van der Waals surface area contributed by atoms with E-state index in [9.17, 15) is 4.79 Å². The van der Waals surface area contributed by atoms with E-state index in [2.05, 4.69) is 57.2 Å². The molecule has 1 aromatic heterocycles. The molecule has 252 valence electrons. The average molecular weight is 663 g/mol. The van der Waals surface area contributed by atoms with Gasteiger partial charge in [-0.3, -0.25) is 9.80 Å². The van der Waals surface area contributed by atoms with Crippen molar-refractivity contribution in [2.24, 2.45) is 0 Å². The molecule has 0 spiro atoms. The number of rotatable bonds is 15. The molecule has 2 heterocycles. The third-order valence-electron chi connectivity index (χ3n) is 8.08. The summed E-state index contributed by atoms with van der Waals surface area (Å²) in [7, 11) is 0. The van der Waals surface area contributed by atoms with Crippen molar-refractivity contribution in [1.82, 2.24) is 19.4 Å². The van der Waals surface area contributed by atoms with Gasteiger partial charge in [0.2, 0.25) is 0 Å². The lowest BCUT2D eigenvalue weighted by atomic mass is 9.96. The van der Waals surface area contributed by atoms with Crippen LogP contribution in [0, 0.1) is 0 Å². The van der Waals surface area contributed by atoms with Crippen molar-refractivity contribution in [3.05, 3.63) is 125 Å². The lowest BCUT2D eigenvalue weighted by molar-refractivity contribution is 0.0203. The quantitative estimate of drug-likeness (QED) is 0.127. The largest absolute Gasteiger partial charge is 0.461 e. The van der Waals surface area contributed by atoms with E-state index in [1.54, 1.807) is 13.3 Å². The molecule has 9 nitrogen and oxygen atoms in total. The first-order chi connectivity index (χ1) is 23.0. The lowest BCUT2D eigenvalue weighted by Gasteiger charge is -2.39. The van der Waals surface area contributed by atoms with E-state index in [1.165, 1.54) is 17.3 Å². The van der Waals surface area contributed by atoms with Gasteiger partial charge in [0, 0.05) is 37.7 Å². The summed E-state index contributed by atoms with van der Waals surface area (Å²) in [4.78, 5) is 20.8. The van der Waals surface area contributed by atoms with Crippen molar-refractivity contribution in [2.45, 2.75) is 25.9 Å². The van der Waals surface area contributed by atoms with Crippen molar-refractivity contribution >= 4 is 17.6 Å². The van der Waals surface area contributed by atoms with Gasteiger partial charge in [-0.05, 0) is 42.7 Å². The highest BCUT2D eigenvalue weighted by Crippen LogP contribution is 2.30. The molecular weight excluding hydrogens is 616 g/mol. The zero-order chi connectivity index (χ0) is 33.3. The monoisotopic (exact) mass is 662 g/mol. The number of imidazole rings is 1. The van der Waals surface area contributed by atoms with Gasteiger partial charge in [-0.15, -0.1) is 0 Å². The fourth-order valence-electron chi connectivity index (χ4n) is 5.59. The lowest BCUT2D eigenvalue weighted by Crippen LogP contribution is -2.48. The average Bonchev–Trinajstić information content (AvgIpc) is 3.61. The van der Waals surface area contributed by atoms with Gasteiger partial charge >= 0.3 is 5.97 Å². The molecule has 0 bridgehead atoms. The minimum absolute atomic E-state index is 0.0492. The maximum Gasteiger partial charge on any atom is 0.356 e. The van der Waals surface area contributed by atoms with Gasteiger partial charge in [-0.25, -0.2) is 9.78 Å². The van der Waals surface area contributed by atoms with Crippen molar-refractivity contribution in [2.75, 3.05) is 72.4 Å². The molecule has 0 aliphatic carbocycles. The molecule has 1 aliphatic heterocycles. The Morgan fingerprint density at radius 1 is 0.830 bits per heavy atom. The van der Waals surface area contributed by atoms with Crippen LogP contribution in [0.3, 0.4) is 0 Å². The zero-order valence-corrected chi connectivity index (χ0v) is 28.2. The fraction of sp³-hybridized carbons (Fsp3) is 0.405. The summed E-state index contributed by atoms with van der Waals surface area (Å²) in [6.07, 6.45) is 3.20. The molecule has 5 rings (SSSR count). The summed E-state index contributed by atoms with van der Waals surface area (Å²) in [5.41, 5.74) is 4.20. The predicted octanol–water partition coefficient (Wildman–Crippen LogP) is 5.74. The van der Waals surface area contributed by atoms with Crippen molar-refractivity contribution < 1.29 is 24.1 Å². The van der Waals surface area contributed by atoms with Gasteiger partial charge in [0.15, 0.2) is 0 Å². The molecule has 2 atom stereocenters. The van der Waals surface area contributed by atoms with Crippen LogP contribution in [0.1, 0.15) is 53.1 Å². The van der Waals surface area contributed by atoms with E-state index in [0.29, 0.717) is 38.7 Å². The Bertz CT molecular complexity index is 1430. The van der Waals surface area contributed by atoms with Crippen LogP contribution < -0.4 is 0 Å². The maximum atomic E-state index is 11.8. The molecule has 1 saturated heterocycles. The van der Waals surface area contributed by atoms with Crippen LogP contribution in [0.15, 0.2) is 97.5 Å². The van der Waals surface area contributed by atoms with Gasteiger partial charge in [0.1, 0.15) is 5.69 Å². The number of halogens is 1. The molecule has 10 heteroatoms. The van der Waals surface area contributed by atoms with E-state index in [0.717, 1.165) is 43.3 Å². The second-order valence-electron chi connectivity index (χ2n) is 11.2. The number of aromatic nitrogens is 2. The van der Waals surface area contributed by atoms with Crippen molar-refractivity contribution in [3.63, 3.8) is 0 Å². The Balaban J connectivity index is 0.000000238. The number of aliphatic hydroxyl groups is 1. The van der Waals surface area contributed by atoms with Gasteiger partial charge in [0.25, 0.3) is 0 Å². The molecule has 2 unspecified atom stereocenters. The molecule has 1 aliphatic rings. The zero-order valence-electron chi connectivity index (χ0n) is 27.4. The highest BCUT2D eigenvalue weighted by Gasteiger charge is 2.26. The Morgan fingerprint density at radius 2 is 1.43 bits per heavy atom. The number of esters is 1. The second-order valence-corrected chi connectivity index (χ2v) is 11.6. The van der Waals surface area contributed by atoms with Crippen LogP contribution in [-0.2, 0) is 14.2 Å². The molecule has 3 aromatic carbocycles. The summed E-state index contributed by atoms with van der Waals surface area (Å²) in [6.45, 7) is 11.5. The molecule has 0 saturated carbocycles. The fourth-order valence-corrected chi connectivity index (χ4v) is 5.71. The molecule has 1 fully saturated rings. The first-order valence-electron chi connectivity index (χ1n) is 16.3. The van der Waals surface area contributed by atoms with Gasteiger partial charge in [-0.2, -0.15) is 0 Å². The molecule has 47 heavy (non-hydrogen) atoms. The Labute approximate surface area is 283 Å². The number of carbonyl (C=O) groups excluding carboxylic acids is 1. The van der Waals surface area contributed by atoms with E-state index < -0.39 is 0 Å². The predicted molar refractivity (Wildman–Crippen MR) is 185 cm³/mol. The van der Waals surface area contributed by atoms with Crippen LogP contribution >= 0.6 is 11.6 Å². The Kier molecular flexibility index (Phi) is 15.4. The second kappa shape index (κ2) is 19.9. The number of benzene rings is 3. The van der Waals surface area contributed by atoms with E-state index in [1.807, 2.05) is 54.0 Å². The first-order valence-corrected chi connectivity index (χ1v) is 16.7. The van der Waals surface area contributed by atoms with Gasteiger partial charge < -0.3 is 23.9 Å². The number of nitrogens with zero attached hydrogens (tertiary/aromatic N) is 4. The van der Waals surface area contributed by atoms with Gasteiger partial charge in [-0.1, -0.05) is 84.4 Å². The molecule has 0 radical (unpaired) electrons. The normalized spacial score (nSPS) is 15.0. The maximum absolute atomic E-state index is 11.8. The Morgan fingerprint density at radius 3 is 2.04 bits per heavy atom. The number of piperazine rings is 1. The topological polar surface area (TPSA) is 89.3 Å². The Hall–Kier alpha value is -3.57. The summed E-state index contributed by atoms with van der Waals surface area (Å²) in [5.74, 6) is -0.335. The summed E-state index contributed by atoms with van der Waals surface area (Å²) in [6, 6.07) is 29.2. The summed E-state index contributed by atoms with van der Waals surface area (Å²) < 4.78 is 17.7. The first kappa shape index (κ1) is 36.3. The van der Waals surface area contributed by atoms with Gasteiger partial charge in [0.05, 0.1) is 64.2 Å². The highest BCUT2D eigenvalue weighted by molar-refractivity contribution is 6.30. The minimum atomic E-state index is -0.335. The number of hydrogen-bond acceptors (Lipinski definition) is 8. The van der Waals surface area contributed by atoms with Crippen LogP contribution in [0.2, 0.25) is 5.02 Å². The number of carbonyl (C=O) groups is 1. The molecular formula is C37H47ClN4O5. The summed E-state index contributed by atoms with van der Waals surface area (Å²) in [5, 5.41) is 9.45.